The zero-order valence-electron chi connectivity index (χ0n) is 16.8. The van der Waals surface area contributed by atoms with Crippen molar-refractivity contribution in [1.82, 2.24) is 0 Å². The Morgan fingerprint density at radius 1 is 0.969 bits per heavy atom. The fourth-order valence-corrected chi connectivity index (χ4v) is 4.20. The fraction of sp³-hybridized carbons (Fsp3) is 0.130. The third-order valence-electron chi connectivity index (χ3n) is 5.16. The highest BCUT2D eigenvalue weighted by atomic mass is 35.5. The van der Waals surface area contributed by atoms with Crippen molar-refractivity contribution < 1.29 is 22.7 Å². The van der Waals surface area contributed by atoms with Crippen LogP contribution in [0.5, 0.6) is 5.75 Å². The standard InChI is InChI=1S/C23H19ClN2O5S/c24-18-5-1-15(2-6-18)23(28)16-3-7-19(8-4-16)31-14-22(27)26-12-11-17-13-20(32(25,29)30)9-10-21(17)26/h1-10,13H,11-12,14H2,(H2,25,29,30). The van der Waals surface area contributed by atoms with Crippen LogP contribution in [-0.2, 0) is 21.2 Å². The van der Waals surface area contributed by atoms with E-state index < -0.39 is 10.0 Å². The van der Waals surface area contributed by atoms with Crippen LogP contribution in [0.2, 0.25) is 5.02 Å². The second-order valence-electron chi connectivity index (χ2n) is 7.28. The Labute approximate surface area is 190 Å². The number of benzene rings is 3. The molecule has 0 unspecified atom stereocenters. The van der Waals surface area contributed by atoms with Crippen molar-refractivity contribution in [2.45, 2.75) is 11.3 Å². The molecule has 0 aromatic heterocycles. The highest BCUT2D eigenvalue weighted by molar-refractivity contribution is 7.89. The number of hydrogen-bond acceptors (Lipinski definition) is 5. The number of hydrogen-bond donors (Lipinski definition) is 1. The quantitative estimate of drug-likeness (QED) is 0.557. The van der Waals surface area contributed by atoms with Gasteiger partial charge in [0.05, 0.1) is 4.90 Å². The molecule has 0 saturated carbocycles. The van der Waals surface area contributed by atoms with E-state index in [1.165, 1.54) is 12.1 Å². The van der Waals surface area contributed by atoms with Crippen molar-refractivity contribution in [3.05, 3.63) is 88.4 Å². The summed E-state index contributed by atoms with van der Waals surface area (Å²) < 4.78 is 28.6. The molecule has 1 heterocycles. The lowest BCUT2D eigenvalue weighted by Gasteiger charge is -2.18. The third kappa shape index (κ3) is 4.67. The van der Waals surface area contributed by atoms with E-state index in [-0.39, 0.29) is 23.2 Å². The van der Waals surface area contributed by atoms with Gasteiger partial charge in [-0.15, -0.1) is 0 Å². The van der Waals surface area contributed by atoms with E-state index in [0.717, 1.165) is 5.56 Å². The molecule has 32 heavy (non-hydrogen) atoms. The Balaban J connectivity index is 1.39. The van der Waals surface area contributed by atoms with Crippen molar-refractivity contribution in [1.29, 1.82) is 0 Å². The van der Waals surface area contributed by atoms with E-state index >= 15 is 0 Å². The predicted octanol–water partition coefficient (Wildman–Crippen LogP) is 3.19. The van der Waals surface area contributed by atoms with E-state index in [9.17, 15) is 18.0 Å². The molecule has 0 aliphatic carbocycles. The fourth-order valence-electron chi connectivity index (χ4n) is 3.51. The summed E-state index contributed by atoms with van der Waals surface area (Å²) in [6, 6.07) is 17.6. The number of amides is 1. The van der Waals surface area contributed by atoms with Gasteiger partial charge in [-0.2, -0.15) is 0 Å². The van der Waals surface area contributed by atoms with E-state index in [2.05, 4.69) is 0 Å². The molecule has 1 aliphatic rings. The minimum absolute atomic E-state index is 0.0232. The maximum absolute atomic E-state index is 12.6. The number of ketones is 1. The van der Waals surface area contributed by atoms with Gasteiger partial charge in [0.1, 0.15) is 5.75 Å². The Morgan fingerprint density at radius 2 is 1.59 bits per heavy atom. The van der Waals surface area contributed by atoms with Gasteiger partial charge in [-0.25, -0.2) is 13.6 Å². The number of nitrogens with zero attached hydrogens (tertiary/aromatic N) is 1. The van der Waals surface area contributed by atoms with Crippen LogP contribution in [0.1, 0.15) is 21.5 Å². The molecule has 1 aliphatic heterocycles. The molecule has 4 rings (SSSR count). The number of anilines is 1. The Hall–Kier alpha value is -3.20. The van der Waals surface area contributed by atoms with Crippen LogP contribution in [0.4, 0.5) is 5.69 Å². The van der Waals surface area contributed by atoms with Gasteiger partial charge in [0.2, 0.25) is 10.0 Å². The van der Waals surface area contributed by atoms with Crippen molar-refractivity contribution in [2.24, 2.45) is 5.14 Å². The second kappa shape index (κ2) is 8.74. The van der Waals surface area contributed by atoms with Gasteiger partial charge in [0, 0.05) is 28.4 Å². The highest BCUT2D eigenvalue weighted by Gasteiger charge is 2.26. The zero-order valence-corrected chi connectivity index (χ0v) is 18.4. The van der Waals surface area contributed by atoms with E-state index in [1.54, 1.807) is 59.5 Å². The SMILES string of the molecule is NS(=O)(=O)c1ccc2c(c1)CCN2C(=O)COc1ccc(C(=O)c2ccc(Cl)cc2)cc1. The van der Waals surface area contributed by atoms with Crippen LogP contribution < -0.4 is 14.8 Å². The summed E-state index contributed by atoms with van der Waals surface area (Å²) in [4.78, 5) is 26.7. The number of carbonyl (C=O) groups is 2. The molecule has 2 N–H and O–H groups in total. The number of primary sulfonamides is 1. The van der Waals surface area contributed by atoms with Crippen LogP contribution in [0.15, 0.2) is 71.6 Å². The summed E-state index contributed by atoms with van der Waals surface area (Å²) in [5.41, 5.74) is 2.41. The first-order valence-electron chi connectivity index (χ1n) is 9.71. The molecule has 7 nitrogen and oxygen atoms in total. The maximum atomic E-state index is 12.6. The number of rotatable bonds is 6. The topological polar surface area (TPSA) is 107 Å². The minimum atomic E-state index is -3.80. The van der Waals surface area contributed by atoms with E-state index in [0.29, 0.717) is 40.6 Å². The van der Waals surface area contributed by atoms with Gasteiger partial charge >= 0.3 is 0 Å². The van der Waals surface area contributed by atoms with Gasteiger partial charge in [0.15, 0.2) is 12.4 Å². The molecule has 0 radical (unpaired) electrons. The molecule has 0 bridgehead atoms. The van der Waals surface area contributed by atoms with E-state index in [4.69, 9.17) is 21.5 Å². The van der Waals surface area contributed by atoms with Crippen LogP contribution in [0.3, 0.4) is 0 Å². The maximum Gasteiger partial charge on any atom is 0.264 e. The Morgan fingerprint density at radius 3 is 2.22 bits per heavy atom. The monoisotopic (exact) mass is 470 g/mol. The number of fused-ring (bicyclic) bond motifs is 1. The van der Waals surface area contributed by atoms with Gasteiger partial charge in [-0.1, -0.05) is 11.6 Å². The van der Waals surface area contributed by atoms with Crippen molar-refractivity contribution in [3.8, 4) is 5.75 Å². The number of carbonyl (C=O) groups excluding carboxylic acids is 2. The minimum Gasteiger partial charge on any atom is -0.484 e. The van der Waals surface area contributed by atoms with Crippen molar-refractivity contribution >= 4 is 39.0 Å². The first kappa shape index (κ1) is 22.0. The van der Waals surface area contributed by atoms with Crippen molar-refractivity contribution in [2.75, 3.05) is 18.1 Å². The molecule has 1 amide bonds. The molecule has 3 aromatic carbocycles. The zero-order chi connectivity index (χ0) is 22.9. The number of ether oxygens (including phenoxy) is 1. The molecular formula is C23H19ClN2O5S. The van der Waals surface area contributed by atoms with Gasteiger partial charge in [-0.3, -0.25) is 9.59 Å². The highest BCUT2D eigenvalue weighted by Crippen LogP contribution is 2.30. The van der Waals surface area contributed by atoms with Crippen LogP contribution in [-0.4, -0.2) is 33.3 Å². The summed E-state index contributed by atoms with van der Waals surface area (Å²) in [5.74, 6) is 0.0558. The summed E-state index contributed by atoms with van der Waals surface area (Å²) in [7, 11) is -3.80. The van der Waals surface area contributed by atoms with Gasteiger partial charge in [-0.05, 0) is 78.7 Å². The van der Waals surface area contributed by atoms with Crippen LogP contribution >= 0.6 is 11.6 Å². The normalized spacial score (nSPS) is 13.0. The molecule has 0 spiro atoms. The summed E-state index contributed by atoms with van der Waals surface area (Å²) in [5, 5.41) is 5.73. The van der Waals surface area contributed by atoms with Crippen LogP contribution in [0.25, 0.3) is 0 Å². The van der Waals surface area contributed by atoms with E-state index in [1.807, 2.05) is 0 Å². The molecule has 0 atom stereocenters. The average Bonchev–Trinajstić information content (AvgIpc) is 3.21. The van der Waals surface area contributed by atoms with Gasteiger partial charge < -0.3 is 9.64 Å². The second-order valence-corrected chi connectivity index (χ2v) is 9.28. The molecule has 3 aromatic rings. The lowest BCUT2D eigenvalue weighted by molar-refractivity contribution is -0.120. The molecule has 0 fully saturated rings. The molecule has 0 saturated heterocycles. The summed E-state index contributed by atoms with van der Waals surface area (Å²) >= 11 is 5.86. The lowest BCUT2D eigenvalue weighted by Crippen LogP contribution is -2.33. The molecular weight excluding hydrogens is 452 g/mol. The number of nitrogens with two attached hydrogens (primary N) is 1. The Bertz CT molecular complexity index is 1290. The molecule has 9 heteroatoms. The summed E-state index contributed by atoms with van der Waals surface area (Å²) in [6.07, 6.45) is 0.534. The first-order valence-corrected chi connectivity index (χ1v) is 11.6. The largest absolute Gasteiger partial charge is 0.484 e. The molecule has 164 valence electrons. The summed E-state index contributed by atoms with van der Waals surface area (Å²) in [6.45, 7) is 0.237. The predicted molar refractivity (Wildman–Crippen MR) is 121 cm³/mol. The lowest BCUT2D eigenvalue weighted by atomic mass is 10.0. The Kier molecular flexibility index (Phi) is 6.01. The first-order chi connectivity index (χ1) is 15.2. The number of sulfonamides is 1. The van der Waals surface area contributed by atoms with Gasteiger partial charge in [0.25, 0.3) is 5.91 Å². The van der Waals surface area contributed by atoms with Crippen molar-refractivity contribution in [3.63, 3.8) is 0 Å². The average molecular weight is 471 g/mol. The smallest absolute Gasteiger partial charge is 0.264 e. The number of halogens is 1. The third-order valence-corrected chi connectivity index (χ3v) is 6.32. The van der Waals surface area contributed by atoms with Crippen LogP contribution in [0, 0.1) is 0 Å².